The van der Waals surface area contributed by atoms with E-state index in [1.54, 1.807) is 97.1 Å². The SMILES string of the molecule is N#Cc1nc(P(=O)(c2ccccc2)c2ccccc2)c(P(=O)(c2ccccc2)c2ccccc2)nc1C#N. The van der Waals surface area contributed by atoms with Gasteiger partial charge in [0.1, 0.15) is 23.0 Å². The van der Waals surface area contributed by atoms with Gasteiger partial charge in [0.05, 0.1) is 0 Å². The molecule has 6 nitrogen and oxygen atoms in total. The van der Waals surface area contributed by atoms with Crippen molar-refractivity contribution in [2.75, 3.05) is 0 Å². The predicted molar refractivity (Wildman–Crippen MR) is 150 cm³/mol. The molecule has 0 radical (unpaired) electrons. The Labute approximate surface area is 220 Å². The molecule has 5 aromatic rings. The van der Waals surface area contributed by atoms with Crippen molar-refractivity contribution in [1.82, 2.24) is 9.97 Å². The number of benzene rings is 4. The van der Waals surface area contributed by atoms with Crippen LogP contribution < -0.4 is 32.1 Å². The van der Waals surface area contributed by atoms with Crippen LogP contribution in [0.4, 0.5) is 0 Å². The zero-order chi connectivity index (χ0) is 26.6. The van der Waals surface area contributed by atoms with E-state index in [-0.39, 0.29) is 22.3 Å². The molecule has 0 bridgehead atoms. The Morgan fingerprint density at radius 2 is 0.684 bits per heavy atom. The largest absolute Gasteiger partial charge is 0.307 e. The number of rotatable bonds is 6. The third-order valence-corrected chi connectivity index (χ3v) is 12.2. The van der Waals surface area contributed by atoms with Crippen LogP contribution in [0.25, 0.3) is 0 Å². The zero-order valence-corrected chi connectivity index (χ0v) is 21.8. The van der Waals surface area contributed by atoms with E-state index in [1.165, 1.54) is 0 Å². The molecule has 0 aliphatic rings. The van der Waals surface area contributed by atoms with E-state index < -0.39 is 14.3 Å². The topological polar surface area (TPSA) is 108 Å². The Morgan fingerprint density at radius 3 is 0.895 bits per heavy atom. The number of nitriles is 2. The standard InChI is InChI=1S/C30H20N4O2P2/c31-21-27-28(22-32)34-30(38(36,25-17-9-3-10-18-25)26-19-11-4-12-20-26)29(33-27)37(35,23-13-5-1-6-14-23)24-15-7-2-8-16-24/h1-20H. The fourth-order valence-electron chi connectivity index (χ4n) is 4.34. The van der Waals surface area contributed by atoms with E-state index in [4.69, 9.17) is 0 Å². The van der Waals surface area contributed by atoms with Crippen molar-refractivity contribution < 1.29 is 9.13 Å². The van der Waals surface area contributed by atoms with Crippen molar-refractivity contribution in [2.45, 2.75) is 0 Å². The molecule has 8 heteroatoms. The molecule has 0 aliphatic heterocycles. The molecule has 38 heavy (non-hydrogen) atoms. The minimum Gasteiger partial charge on any atom is -0.307 e. The van der Waals surface area contributed by atoms with Crippen molar-refractivity contribution in [2.24, 2.45) is 0 Å². The predicted octanol–water partition coefficient (Wildman–Crippen LogP) is 3.50. The minimum absolute atomic E-state index is 0.0681. The highest BCUT2D eigenvalue weighted by Gasteiger charge is 2.43. The van der Waals surface area contributed by atoms with E-state index in [9.17, 15) is 10.5 Å². The molecule has 5 rings (SSSR count). The normalized spacial score (nSPS) is 11.3. The van der Waals surface area contributed by atoms with Crippen molar-refractivity contribution in [1.29, 1.82) is 10.5 Å². The maximum atomic E-state index is 15.4. The summed E-state index contributed by atoms with van der Waals surface area (Å²) in [5, 5.41) is 21.5. The molecule has 0 fully saturated rings. The number of hydrogen-bond acceptors (Lipinski definition) is 6. The molecular formula is C30H20N4O2P2. The second-order valence-electron chi connectivity index (χ2n) is 8.35. The number of aromatic nitrogens is 2. The molecular weight excluding hydrogens is 510 g/mol. The molecule has 0 spiro atoms. The lowest BCUT2D eigenvalue weighted by Crippen LogP contribution is -2.43. The van der Waals surface area contributed by atoms with E-state index >= 15 is 9.13 Å². The molecule has 0 aliphatic carbocycles. The highest BCUT2D eigenvalue weighted by Crippen LogP contribution is 2.47. The van der Waals surface area contributed by atoms with E-state index in [0.29, 0.717) is 21.2 Å². The van der Waals surface area contributed by atoms with Crippen LogP contribution in [0.15, 0.2) is 121 Å². The van der Waals surface area contributed by atoms with E-state index in [2.05, 4.69) is 9.97 Å². The first kappa shape index (κ1) is 25.1. The van der Waals surface area contributed by atoms with Crippen LogP contribution >= 0.6 is 14.3 Å². The molecule has 0 saturated carbocycles. The quantitative estimate of drug-likeness (QED) is 0.311. The van der Waals surface area contributed by atoms with Gasteiger partial charge in [0.15, 0.2) is 25.7 Å². The fraction of sp³-hybridized carbons (Fsp3) is 0. The van der Waals surface area contributed by atoms with Crippen LogP contribution in [0.1, 0.15) is 11.4 Å². The van der Waals surface area contributed by atoms with Crippen LogP contribution in [0.5, 0.6) is 0 Å². The molecule has 4 aromatic carbocycles. The summed E-state index contributed by atoms with van der Waals surface area (Å²) in [6.45, 7) is 0. The highest BCUT2D eigenvalue weighted by atomic mass is 31.2. The number of hydrogen-bond donors (Lipinski definition) is 0. The minimum atomic E-state index is -3.83. The van der Waals surface area contributed by atoms with Gasteiger partial charge < -0.3 is 9.13 Å². The second-order valence-corrected chi connectivity index (χ2v) is 13.7. The summed E-state index contributed by atoms with van der Waals surface area (Å²) in [7, 11) is -7.66. The average molecular weight is 530 g/mol. The molecule has 0 saturated heterocycles. The van der Waals surface area contributed by atoms with E-state index in [0.717, 1.165) is 0 Å². The first-order chi connectivity index (χ1) is 18.5. The van der Waals surface area contributed by atoms with Crippen LogP contribution in [-0.2, 0) is 9.13 Å². The Kier molecular flexibility index (Phi) is 6.87. The third kappa shape index (κ3) is 4.17. The summed E-state index contributed by atoms with van der Waals surface area (Å²) in [6, 6.07) is 39.0. The van der Waals surface area contributed by atoms with E-state index in [1.807, 2.05) is 36.4 Å². The molecule has 182 valence electrons. The lowest BCUT2D eigenvalue weighted by molar-refractivity contribution is 0.589. The van der Waals surface area contributed by atoms with Gasteiger partial charge in [-0.05, 0) is 0 Å². The molecule has 1 aromatic heterocycles. The maximum Gasteiger partial charge on any atom is 0.190 e. The highest BCUT2D eigenvalue weighted by molar-refractivity contribution is 7.90. The average Bonchev–Trinajstić information content (AvgIpc) is 3.01. The van der Waals surface area contributed by atoms with Crippen LogP contribution in [-0.4, -0.2) is 9.97 Å². The monoisotopic (exact) mass is 530 g/mol. The van der Waals surface area contributed by atoms with Crippen molar-refractivity contribution in [3.63, 3.8) is 0 Å². The Morgan fingerprint density at radius 1 is 0.447 bits per heavy atom. The molecule has 0 atom stereocenters. The van der Waals surface area contributed by atoms with Gasteiger partial charge in [-0.2, -0.15) is 10.5 Å². The first-order valence-corrected chi connectivity index (χ1v) is 15.1. The second kappa shape index (κ2) is 10.4. The summed E-state index contributed by atoms with van der Waals surface area (Å²) in [4.78, 5) is 9.05. The third-order valence-electron chi connectivity index (χ3n) is 6.15. The van der Waals surface area contributed by atoms with Gasteiger partial charge in [0, 0.05) is 21.2 Å². The van der Waals surface area contributed by atoms with Crippen LogP contribution in [0, 0.1) is 22.7 Å². The zero-order valence-electron chi connectivity index (χ0n) is 20.0. The van der Waals surface area contributed by atoms with Crippen molar-refractivity contribution in [3.8, 4) is 12.1 Å². The summed E-state index contributed by atoms with van der Waals surface area (Å²) < 4.78 is 30.8. The van der Waals surface area contributed by atoms with Gasteiger partial charge in [-0.1, -0.05) is 121 Å². The van der Waals surface area contributed by atoms with Crippen molar-refractivity contribution >= 4 is 46.4 Å². The molecule has 0 N–H and O–H groups in total. The lowest BCUT2D eigenvalue weighted by Gasteiger charge is -2.26. The van der Waals surface area contributed by atoms with Crippen LogP contribution in [0.3, 0.4) is 0 Å². The maximum absolute atomic E-state index is 15.4. The van der Waals surface area contributed by atoms with Gasteiger partial charge in [-0.25, -0.2) is 9.97 Å². The summed E-state index contributed by atoms with van der Waals surface area (Å²) in [5.74, 6) is 0. The Balaban J connectivity index is 1.98. The van der Waals surface area contributed by atoms with Gasteiger partial charge >= 0.3 is 0 Å². The molecule has 0 amide bonds. The molecule has 0 unspecified atom stereocenters. The summed E-state index contributed by atoms with van der Waals surface area (Å²) >= 11 is 0. The van der Waals surface area contributed by atoms with Gasteiger partial charge in [-0.3, -0.25) is 0 Å². The Hall–Kier alpha value is -4.60. The lowest BCUT2D eigenvalue weighted by atomic mass is 10.3. The summed E-state index contributed by atoms with van der Waals surface area (Å²) in [6.07, 6.45) is 0. The number of nitrogens with zero attached hydrogens (tertiary/aromatic N) is 4. The van der Waals surface area contributed by atoms with Crippen molar-refractivity contribution in [3.05, 3.63) is 133 Å². The van der Waals surface area contributed by atoms with Gasteiger partial charge in [0.25, 0.3) is 0 Å². The summed E-state index contributed by atoms with van der Waals surface area (Å²) in [5.41, 5.74) is -0.681. The smallest absolute Gasteiger partial charge is 0.190 e. The van der Waals surface area contributed by atoms with Gasteiger partial charge in [0.2, 0.25) is 0 Å². The Bertz CT molecular complexity index is 1560. The van der Waals surface area contributed by atoms with Gasteiger partial charge in [-0.15, -0.1) is 0 Å². The fourth-order valence-corrected chi connectivity index (χ4v) is 10.3. The molecule has 1 heterocycles. The first-order valence-electron chi connectivity index (χ1n) is 11.7. The van der Waals surface area contributed by atoms with Crippen LogP contribution in [0.2, 0.25) is 0 Å².